The smallest absolute Gasteiger partial charge is 0.233 e. The Morgan fingerprint density at radius 2 is 1.64 bits per heavy atom. The lowest BCUT2D eigenvalue weighted by atomic mass is 9.97. The lowest BCUT2D eigenvalue weighted by Gasteiger charge is -2.29. The van der Waals surface area contributed by atoms with E-state index in [1.807, 2.05) is 59.8 Å². The molecule has 0 N–H and O–H groups in total. The van der Waals surface area contributed by atoms with Crippen LogP contribution in [0.5, 0.6) is 0 Å². The van der Waals surface area contributed by atoms with Gasteiger partial charge in [-0.1, -0.05) is 72.4 Å². The SMILES string of the molecule is CN(C(=O)CSc1ncnc2sccc12)C(c1ccccc1)c1ccccc1. The van der Waals surface area contributed by atoms with Crippen molar-refractivity contribution in [3.63, 3.8) is 0 Å². The van der Waals surface area contributed by atoms with Crippen LogP contribution < -0.4 is 0 Å². The quantitative estimate of drug-likeness (QED) is 0.333. The van der Waals surface area contributed by atoms with Crippen molar-refractivity contribution in [2.45, 2.75) is 11.1 Å². The van der Waals surface area contributed by atoms with E-state index in [0.29, 0.717) is 5.75 Å². The molecule has 1 amide bonds. The number of amides is 1. The van der Waals surface area contributed by atoms with Gasteiger partial charge in [-0.3, -0.25) is 4.79 Å². The minimum absolute atomic E-state index is 0.0599. The first kappa shape index (κ1) is 18.7. The van der Waals surface area contributed by atoms with Gasteiger partial charge in [-0.15, -0.1) is 11.3 Å². The summed E-state index contributed by atoms with van der Waals surface area (Å²) in [5.74, 6) is 0.388. The van der Waals surface area contributed by atoms with E-state index in [4.69, 9.17) is 0 Å². The van der Waals surface area contributed by atoms with Crippen LogP contribution in [-0.2, 0) is 4.79 Å². The summed E-state index contributed by atoms with van der Waals surface area (Å²) in [7, 11) is 1.87. The van der Waals surface area contributed by atoms with Gasteiger partial charge in [-0.2, -0.15) is 0 Å². The third-order valence-electron chi connectivity index (χ3n) is 4.57. The van der Waals surface area contributed by atoms with Gasteiger partial charge in [-0.25, -0.2) is 9.97 Å². The van der Waals surface area contributed by atoms with Gasteiger partial charge in [0, 0.05) is 12.4 Å². The molecule has 0 saturated carbocycles. The fraction of sp³-hybridized carbons (Fsp3) is 0.136. The predicted octanol–water partition coefficient (Wildman–Crippen LogP) is 5.03. The average Bonchev–Trinajstić information content (AvgIpc) is 3.23. The molecule has 4 nitrogen and oxygen atoms in total. The zero-order chi connectivity index (χ0) is 19.3. The average molecular weight is 406 g/mol. The largest absolute Gasteiger partial charge is 0.334 e. The fourth-order valence-electron chi connectivity index (χ4n) is 3.17. The maximum Gasteiger partial charge on any atom is 0.233 e. The number of fused-ring (bicyclic) bond motifs is 1. The van der Waals surface area contributed by atoms with E-state index in [2.05, 4.69) is 34.2 Å². The minimum Gasteiger partial charge on any atom is -0.334 e. The molecule has 0 saturated heterocycles. The molecule has 0 radical (unpaired) electrons. The van der Waals surface area contributed by atoms with Crippen LogP contribution in [0.15, 0.2) is 83.5 Å². The number of hydrogen-bond donors (Lipinski definition) is 0. The van der Waals surface area contributed by atoms with Crippen molar-refractivity contribution in [1.29, 1.82) is 0 Å². The third kappa shape index (κ3) is 3.93. The Morgan fingerprint density at radius 3 is 2.29 bits per heavy atom. The van der Waals surface area contributed by atoms with Gasteiger partial charge in [0.15, 0.2) is 0 Å². The number of aromatic nitrogens is 2. The van der Waals surface area contributed by atoms with Crippen LogP contribution in [-0.4, -0.2) is 33.6 Å². The molecule has 140 valence electrons. The standard InChI is InChI=1S/C22H19N3OS2/c1-25(19(26)14-28-22-18-12-13-27-21(18)23-15-24-22)20(16-8-4-2-5-9-16)17-10-6-3-7-11-17/h2-13,15,20H,14H2,1H3. The molecule has 0 fully saturated rings. The van der Waals surface area contributed by atoms with Gasteiger partial charge in [0.2, 0.25) is 5.91 Å². The first-order valence-corrected chi connectivity index (χ1v) is 10.8. The summed E-state index contributed by atoms with van der Waals surface area (Å²) < 4.78 is 0. The maximum absolute atomic E-state index is 13.0. The van der Waals surface area contributed by atoms with E-state index in [-0.39, 0.29) is 11.9 Å². The van der Waals surface area contributed by atoms with E-state index in [0.717, 1.165) is 26.4 Å². The lowest BCUT2D eigenvalue weighted by molar-refractivity contribution is -0.128. The maximum atomic E-state index is 13.0. The monoisotopic (exact) mass is 405 g/mol. The van der Waals surface area contributed by atoms with Crippen LogP contribution in [0.4, 0.5) is 0 Å². The number of hydrogen-bond acceptors (Lipinski definition) is 5. The summed E-state index contributed by atoms with van der Waals surface area (Å²) in [6.45, 7) is 0. The Balaban J connectivity index is 1.55. The Morgan fingerprint density at radius 1 is 1.00 bits per heavy atom. The fourth-order valence-corrected chi connectivity index (χ4v) is 4.87. The molecule has 0 spiro atoms. The second kappa shape index (κ2) is 8.54. The van der Waals surface area contributed by atoms with E-state index < -0.39 is 0 Å². The van der Waals surface area contributed by atoms with Gasteiger partial charge in [-0.05, 0) is 22.6 Å². The predicted molar refractivity (Wildman–Crippen MR) is 116 cm³/mol. The number of carbonyl (C=O) groups excluding carboxylic acids is 1. The van der Waals surface area contributed by atoms with Crippen LogP contribution in [0.25, 0.3) is 10.2 Å². The molecule has 0 bridgehead atoms. The van der Waals surface area contributed by atoms with E-state index in [1.54, 1.807) is 17.7 Å². The van der Waals surface area contributed by atoms with Gasteiger partial charge in [0.05, 0.1) is 11.8 Å². The molecule has 0 aliphatic carbocycles. The van der Waals surface area contributed by atoms with Gasteiger partial charge in [0.1, 0.15) is 16.2 Å². The first-order valence-electron chi connectivity index (χ1n) is 8.90. The number of nitrogens with zero attached hydrogens (tertiary/aromatic N) is 3. The van der Waals surface area contributed by atoms with Crippen LogP contribution in [0, 0.1) is 0 Å². The molecule has 2 aromatic carbocycles. The number of carbonyl (C=O) groups is 1. The van der Waals surface area contributed by atoms with Crippen LogP contribution in [0.3, 0.4) is 0 Å². The molecule has 4 rings (SSSR count). The highest BCUT2D eigenvalue weighted by Crippen LogP contribution is 2.30. The van der Waals surface area contributed by atoms with Crippen molar-refractivity contribution < 1.29 is 4.79 Å². The third-order valence-corrected chi connectivity index (χ3v) is 6.38. The summed E-state index contributed by atoms with van der Waals surface area (Å²) in [6, 6.07) is 22.1. The minimum atomic E-state index is -0.123. The molecular formula is C22H19N3OS2. The highest BCUT2D eigenvalue weighted by Gasteiger charge is 2.23. The van der Waals surface area contributed by atoms with Crippen molar-refractivity contribution in [1.82, 2.24) is 14.9 Å². The number of benzene rings is 2. The highest BCUT2D eigenvalue weighted by atomic mass is 32.2. The molecule has 6 heteroatoms. The molecule has 28 heavy (non-hydrogen) atoms. The molecule has 0 aliphatic heterocycles. The zero-order valence-corrected chi connectivity index (χ0v) is 17.0. The number of thioether (sulfide) groups is 1. The summed E-state index contributed by atoms with van der Waals surface area (Å²) in [5, 5.41) is 3.86. The summed E-state index contributed by atoms with van der Waals surface area (Å²) in [4.78, 5) is 24.4. The number of thiophene rings is 1. The van der Waals surface area contributed by atoms with Crippen molar-refractivity contribution in [2.75, 3.05) is 12.8 Å². The molecule has 0 aliphatic rings. The van der Waals surface area contributed by atoms with Crippen LogP contribution in [0.2, 0.25) is 0 Å². The van der Waals surface area contributed by atoms with Crippen molar-refractivity contribution in [3.8, 4) is 0 Å². The second-order valence-electron chi connectivity index (χ2n) is 6.34. The molecule has 2 aromatic heterocycles. The Bertz CT molecular complexity index is 1030. The highest BCUT2D eigenvalue weighted by molar-refractivity contribution is 8.00. The van der Waals surface area contributed by atoms with E-state index >= 15 is 0 Å². The summed E-state index contributed by atoms with van der Waals surface area (Å²) in [6.07, 6.45) is 1.56. The molecule has 4 aromatic rings. The second-order valence-corrected chi connectivity index (χ2v) is 8.19. The van der Waals surface area contributed by atoms with Crippen LogP contribution >= 0.6 is 23.1 Å². The molecular weight excluding hydrogens is 386 g/mol. The van der Waals surface area contributed by atoms with Gasteiger partial charge in [0.25, 0.3) is 0 Å². The van der Waals surface area contributed by atoms with E-state index in [1.165, 1.54) is 11.8 Å². The number of rotatable bonds is 6. The first-order chi connectivity index (χ1) is 13.7. The van der Waals surface area contributed by atoms with Crippen LogP contribution in [0.1, 0.15) is 17.2 Å². The Labute approximate surface area is 172 Å². The van der Waals surface area contributed by atoms with Crippen molar-refractivity contribution in [2.24, 2.45) is 0 Å². The normalized spacial score (nSPS) is 11.1. The Hall–Kier alpha value is -2.70. The zero-order valence-electron chi connectivity index (χ0n) is 15.4. The molecule has 0 atom stereocenters. The van der Waals surface area contributed by atoms with Crippen molar-refractivity contribution in [3.05, 3.63) is 89.6 Å². The molecule has 2 heterocycles. The molecule has 0 unspecified atom stereocenters. The summed E-state index contributed by atoms with van der Waals surface area (Å²) in [5.41, 5.74) is 2.19. The summed E-state index contributed by atoms with van der Waals surface area (Å²) >= 11 is 3.04. The van der Waals surface area contributed by atoms with Gasteiger partial charge >= 0.3 is 0 Å². The van der Waals surface area contributed by atoms with Gasteiger partial charge < -0.3 is 4.90 Å². The lowest BCUT2D eigenvalue weighted by Crippen LogP contribution is -2.33. The van der Waals surface area contributed by atoms with E-state index in [9.17, 15) is 4.79 Å². The van der Waals surface area contributed by atoms with Crippen molar-refractivity contribution >= 4 is 39.2 Å². The topological polar surface area (TPSA) is 46.1 Å². The Kier molecular flexibility index (Phi) is 5.69.